The summed E-state index contributed by atoms with van der Waals surface area (Å²) in [6, 6.07) is 12.0. The van der Waals surface area contributed by atoms with Gasteiger partial charge in [-0.1, -0.05) is 18.2 Å². The molecule has 0 aromatic heterocycles. The van der Waals surface area contributed by atoms with Gasteiger partial charge in [-0.15, -0.1) is 0 Å². The molecule has 0 fully saturated rings. The first kappa shape index (κ1) is 23.4. The van der Waals surface area contributed by atoms with Crippen LogP contribution in [0.1, 0.15) is 24.0 Å². The van der Waals surface area contributed by atoms with Crippen LogP contribution in [0.15, 0.2) is 42.5 Å². The number of nitrogens with zero attached hydrogens (tertiary/aromatic N) is 1. The standard InChI is InChI=1S/C22H26F3NO4S/c1-26(2)15-16-12-17-6-3-9-21(20(17)13-16)29-18-7-4-8-19(14-18)30-31(27,28)11-5-10-22(23,24)25/h3-4,6-9,14,16H,5,10-13,15H2,1-2H3. The summed E-state index contributed by atoms with van der Waals surface area (Å²) in [5.41, 5.74) is 2.38. The average Bonchev–Trinajstić information content (AvgIpc) is 3.03. The van der Waals surface area contributed by atoms with E-state index >= 15 is 0 Å². The molecule has 0 heterocycles. The Bertz CT molecular complexity index is 1010. The third-order valence-corrected chi connectivity index (χ3v) is 6.20. The fourth-order valence-electron chi connectivity index (χ4n) is 3.80. The summed E-state index contributed by atoms with van der Waals surface area (Å²) in [5.74, 6) is 0.905. The van der Waals surface area contributed by atoms with E-state index in [1.807, 2.05) is 26.2 Å². The summed E-state index contributed by atoms with van der Waals surface area (Å²) in [4.78, 5) is 2.16. The van der Waals surface area contributed by atoms with E-state index in [4.69, 9.17) is 8.92 Å². The van der Waals surface area contributed by atoms with Gasteiger partial charge in [0.15, 0.2) is 0 Å². The molecule has 0 saturated carbocycles. The zero-order valence-electron chi connectivity index (χ0n) is 17.5. The van der Waals surface area contributed by atoms with Gasteiger partial charge in [-0.2, -0.15) is 21.6 Å². The molecule has 5 nitrogen and oxygen atoms in total. The molecular weight excluding hydrogens is 431 g/mol. The fraction of sp³-hybridized carbons (Fsp3) is 0.455. The van der Waals surface area contributed by atoms with Crippen LogP contribution in [-0.4, -0.2) is 45.9 Å². The van der Waals surface area contributed by atoms with Crippen molar-refractivity contribution in [2.24, 2.45) is 5.92 Å². The van der Waals surface area contributed by atoms with E-state index < -0.39 is 34.9 Å². The van der Waals surface area contributed by atoms with Crippen molar-refractivity contribution in [3.8, 4) is 17.2 Å². The van der Waals surface area contributed by atoms with Gasteiger partial charge in [-0.25, -0.2) is 0 Å². The predicted molar refractivity (Wildman–Crippen MR) is 112 cm³/mol. The molecule has 170 valence electrons. The van der Waals surface area contributed by atoms with E-state index in [0.717, 1.165) is 24.9 Å². The molecule has 2 aromatic carbocycles. The molecule has 0 saturated heterocycles. The Labute approximate surface area is 180 Å². The first-order chi connectivity index (χ1) is 14.5. The Kier molecular flexibility index (Phi) is 7.16. The Balaban J connectivity index is 1.67. The maximum atomic E-state index is 12.2. The zero-order valence-corrected chi connectivity index (χ0v) is 18.3. The van der Waals surface area contributed by atoms with E-state index in [-0.39, 0.29) is 5.75 Å². The van der Waals surface area contributed by atoms with Crippen LogP contribution in [0.4, 0.5) is 13.2 Å². The Morgan fingerprint density at radius 2 is 1.77 bits per heavy atom. The van der Waals surface area contributed by atoms with E-state index in [1.54, 1.807) is 12.1 Å². The highest BCUT2D eigenvalue weighted by Crippen LogP contribution is 2.37. The van der Waals surface area contributed by atoms with E-state index in [0.29, 0.717) is 17.4 Å². The quantitative estimate of drug-likeness (QED) is 0.506. The van der Waals surface area contributed by atoms with Gasteiger partial charge in [0.1, 0.15) is 17.2 Å². The molecule has 31 heavy (non-hydrogen) atoms. The number of halogens is 3. The lowest BCUT2D eigenvalue weighted by Gasteiger charge is -2.15. The average molecular weight is 458 g/mol. The SMILES string of the molecule is CN(C)CC1Cc2cccc(Oc3cccc(OS(=O)(=O)CCCC(F)(F)F)c3)c2C1. The molecule has 1 atom stereocenters. The molecule has 1 aliphatic rings. The second kappa shape index (κ2) is 9.48. The summed E-state index contributed by atoms with van der Waals surface area (Å²) < 4.78 is 71.7. The Morgan fingerprint density at radius 1 is 1.06 bits per heavy atom. The van der Waals surface area contributed by atoms with Crippen LogP contribution in [0.25, 0.3) is 0 Å². The Morgan fingerprint density at radius 3 is 2.48 bits per heavy atom. The molecule has 0 spiro atoms. The number of rotatable bonds is 9. The van der Waals surface area contributed by atoms with Crippen LogP contribution < -0.4 is 8.92 Å². The molecule has 3 rings (SSSR count). The summed E-state index contributed by atoms with van der Waals surface area (Å²) in [5, 5.41) is 0. The second-order valence-corrected chi connectivity index (χ2v) is 9.76. The minimum atomic E-state index is -4.40. The maximum absolute atomic E-state index is 12.2. The van der Waals surface area contributed by atoms with Crippen molar-refractivity contribution in [3.05, 3.63) is 53.6 Å². The van der Waals surface area contributed by atoms with Crippen LogP contribution in [0.2, 0.25) is 0 Å². The number of ether oxygens (including phenoxy) is 1. The van der Waals surface area contributed by atoms with Crippen molar-refractivity contribution in [2.75, 3.05) is 26.4 Å². The van der Waals surface area contributed by atoms with Gasteiger partial charge in [0.25, 0.3) is 0 Å². The third kappa shape index (κ3) is 7.14. The van der Waals surface area contributed by atoms with Gasteiger partial charge in [0.05, 0.1) is 5.75 Å². The van der Waals surface area contributed by atoms with Crippen LogP contribution in [-0.2, 0) is 23.0 Å². The molecule has 0 amide bonds. The van der Waals surface area contributed by atoms with Crippen LogP contribution in [0.5, 0.6) is 17.2 Å². The molecule has 1 unspecified atom stereocenters. The van der Waals surface area contributed by atoms with Gasteiger partial charge in [-0.05, 0) is 68.6 Å². The summed E-state index contributed by atoms with van der Waals surface area (Å²) in [6.45, 7) is 0.976. The minimum Gasteiger partial charge on any atom is -0.457 e. The topological polar surface area (TPSA) is 55.8 Å². The van der Waals surface area contributed by atoms with Crippen molar-refractivity contribution >= 4 is 10.1 Å². The van der Waals surface area contributed by atoms with Gasteiger partial charge >= 0.3 is 16.3 Å². The molecular formula is C22H26F3NO4S. The molecule has 0 N–H and O–H groups in total. The number of fused-ring (bicyclic) bond motifs is 1. The van der Waals surface area contributed by atoms with E-state index in [1.165, 1.54) is 17.7 Å². The third-order valence-electron chi connectivity index (χ3n) is 4.97. The van der Waals surface area contributed by atoms with E-state index in [9.17, 15) is 21.6 Å². The first-order valence-corrected chi connectivity index (χ1v) is 11.6. The van der Waals surface area contributed by atoms with Gasteiger partial charge < -0.3 is 13.8 Å². The molecule has 9 heteroatoms. The van der Waals surface area contributed by atoms with Crippen molar-refractivity contribution in [3.63, 3.8) is 0 Å². The minimum absolute atomic E-state index is 0.00238. The predicted octanol–water partition coefficient (Wildman–Crippen LogP) is 4.81. The van der Waals surface area contributed by atoms with E-state index in [2.05, 4.69) is 11.0 Å². The van der Waals surface area contributed by atoms with Crippen LogP contribution in [0, 0.1) is 5.92 Å². The van der Waals surface area contributed by atoms with Crippen molar-refractivity contribution in [2.45, 2.75) is 31.9 Å². The molecule has 0 aliphatic heterocycles. The van der Waals surface area contributed by atoms with Gasteiger partial charge in [0, 0.05) is 19.0 Å². The largest absolute Gasteiger partial charge is 0.457 e. The second-order valence-electron chi connectivity index (χ2n) is 8.07. The van der Waals surface area contributed by atoms with Gasteiger partial charge in [-0.3, -0.25) is 0 Å². The number of benzene rings is 2. The normalized spacial score (nSPS) is 16.4. The maximum Gasteiger partial charge on any atom is 0.389 e. The summed E-state index contributed by atoms with van der Waals surface area (Å²) in [7, 11) is -0.0458. The first-order valence-electron chi connectivity index (χ1n) is 10.0. The highest BCUT2D eigenvalue weighted by molar-refractivity contribution is 7.87. The molecule has 2 aromatic rings. The lowest BCUT2D eigenvalue weighted by atomic mass is 10.1. The smallest absolute Gasteiger partial charge is 0.389 e. The van der Waals surface area contributed by atoms with Crippen molar-refractivity contribution in [1.82, 2.24) is 4.90 Å². The highest BCUT2D eigenvalue weighted by Gasteiger charge is 2.28. The summed E-state index contributed by atoms with van der Waals surface area (Å²) >= 11 is 0. The van der Waals surface area contributed by atoms with Gasteiger partial charge in [0.2, 0.25) is 0 Å². The molecule has 0 bridgehead atoms. The summed E-state index contributed by atoms with van der Waals surface area (Å²) in [6.07, 6.45) is -4.25. The number of hydrogen-bond donors (Lipinski definition) is 0. The highest BCUT2D eigenvalue weighted by atomic mass is 32.2. The lowest BCUT2D eigenvalue weighted by molar-refractivity contribution is -0.134. The lowest BCUT2D eigenvalue weighted by Crippen LogP contribution is -2.21. The molecule has 0 radical (unpaired) electrons. The zero-order chi connectivity index (χ0) is 22.6. The van der Waals surface area contributed by atoms with Crippen molar-refractivity contribution < 1.29 is 30.5 Å². The molecule has 1 aliphatic carbocycles. The van der Waals surface area contributed by atoms with Crippen molar-refractivity contribution in [1.29, 1.82) is 0 Å². The monoisotopic (exact) mass is 457 g/mol. The number of alkyl halides is 3. The number of hydrogen-bond acceptors (Lipinski definition) is 5. The van der Waals surface area contributed by atoms with Crippen LogP contribution in [0.3, 0.4) is 0 Å². The van der Waals surface area contributed by atoms with Crippen LogP contribution >= 0.6 is 0 Å². The fourth-order valence-corrected chi connectivity index (χ4v) is 4.78. The Hall–Kier alpha value is -2.26.